The number of nitrogens with one attached hydrogen (secondary N) is 1. The van der Waals surface area contributed by atoms with Crippen LogP contribution in [0.1, 0.15) is 12.0 Å². The molecule has 0 bridgehead atoms. The fourth-order valence-corrected chi connectivity index (χ4v) is 1.87. The van der Waals surface area contributed by atoms with E-state index in [4.69, 9.17) is 5.11 Å². The van der Waals surface area contributed by atoms with Crippen molar-refractivity contribution in [3.8, 4) is 0 Å². The van der Waals surface area contributed by atoms with Crippen molar-refractivity contribution in [3.05, 3.63) is 48.0 Å². The van der Waals surface area contributed by atoms with Gasteiger partial charge >= 0.3 is 0 Å². The van der Waals surface area contributed by atoms with Crippen LogP contribution in [0.4, 0.5) is 0 Å². The molecule has 0 saturated heterocycles. The van der Waals surface area contributed by atoms with Gasteiger partial charge in [-0.05, 0) is 29.3 Å². The molecule has 0 aliphatic heterocycles. The second-order valence-corrected chi connectivity index (χ2v) is 3.89. The summed E-state index contributed by atoms with van der Waals surface area (Å²) in [5, 5.41) is 14.6. The van der Waals surface area contributed by atoms with Crippen molar-refractivity contribution < 1.29 is 5.11 Å². The van der Waals surface area contributed by atoms with E-state index >= 15 is 0 Å². The van der Waals surface area contributed by atoms with Crippen LogP contribution < -0.4 is 5.32 Å². The maximum Gasteiger partial charge on any atom is 0.0443 e. The van der Waals surface area contributed by atoms with Crippen molar-refractivity contribution in [2.24, 2.45) is 0 Å². The van der Waals surface area contributed by atoms with Gasteiger partial charge in [-0.25, -0.2) is 0 Å². The third kappa shape index (κ3) is 3.70. The van der Waals surface area contributed by atoms with Crippen molar-refractivity contribution in [1.82, 2.24) is 5.32 Å². The number of aliphatic hydroxyl groups excluding tert-OH is 1. The van der Waals surface area contributed by atoms with Gasteiger partial charge in [0.1, 0.15) is 0 Å². The lowest BCUT2D eigenvalue weighted by Crippen LogP contribution is -2.15. The van der Waals surface area contributed by atoms with E-state index < -0.39 is 0 Å². The lowest BCUT2D eigenvalue weighted by molar-refractivity contribution is 0.286. The maximum atomic E-state index is 8.70. The molecule has 0 aliphatic carbocycles. The van der Waals surface area contributed by atoms with E-state index in [1.54, 1.807) is 0 Å². The number of aliphatic hydroxyl groups is 1. The zero-order valence-corrected chi connectivity index (χ0v) is 10.5. The molecule has 92 valence electrons. The summed E-state index contributed by atoms with van der Waals surface area (Å²) in [5.41, 5.74) is 1.32. The van der Waals surface area contributed by atoms with Crippen molar-refractivity contribution >= 4 is 23.2 Å². The molecule has 0 amide bonds. The maximum absolute atomic E-state index is 8.70. The monoisotopic (exact) mass is 251 g/mol. The summed E-state index contributed by atoms with van der Waals surface area (Å²) in [6, 6.07) is 14.8. The van der Waals surface area contributed by atoms with Gasteiger partial charge in [0, 0.05) is 13.2 Å². The first-order valence-corrected chi connectivity index (χ1v) is 5.70. The van der Waals surface area contributed by atoms with Crippen LogP contribution in [0.5, 0.6) is 0 Å². The molecule has 0 saturated carbocycles. The summed E-state index contributed by atoms with van der Waals surface area (Å²) >= 11 is 0. The third-order valence-electron chi connectivity index (χ3n) is 2.71. The van der Waals surface area contributed by atoms with Gasteiger partial charge in [-0.1, -0.05) is 42.5 Å². The second kappa shape index (κ2) is 7.28. The zero-order chi connectivity index (χ0) is 11.2. The van der Waals surface area contributed by atoms with E-state index in [9.17, 15) is 0 Å². The van der Waals surface area contributed by atoms with Crippen LogP contribution >= 0.6 is 12.4 Å². The Morgan fingerprint density at radius 1 is 1.00 bits per heavy atom. The van der Waals surface area contributed by atoms with E-state index in [-0.39, 0.29) is 19.0 Å². The minimum atomic E-state index is 0. The Morgan fingerprint density at radius 2 is 1.76 bits per heavy atom. The molecule has 0 aromatic heterocycles. The first-order chi connectivity index (χ1) is 7.92. The predicted molar refractivity (Wildman–Crippen MR) is 74.6 cm³/mol. The minimum absolute atomic E-state index is 0. The number of hydrogen-bond donors (Lipinski definition) is 2. The Morgan fingerprint density at radius 3 is 2.59 bits per heavy atom. The average Bonchev–Trinajstić information content (AvgIpc) is 2.35. The van der Waals surface area contributed by atoms with Crippen LogP contribution in [0.15, 0.2) is 42.5 Å². The largest absolute Gasteiger partial charge is 0.396 e. The number of benzene rings is 2. The van der Waals surface area contributed by atoms with Crippen molar-refractivity contribution in [3.63, 3.8) is 0 Å². The highest BCUT2D eigenvalue weighted by Gasteiger charge is 1.98. The quantitative estimate of drug-likeness (QED) is 0.801. The molecule has 17 heavy (non-hydrogen) atoms. The summed E-state index contributed by atoms with van der Waals surface area (Å²) in [4.78, 5) is 0. The summed E-state index contributed by atoms with van der Waals surface area (Å²) in [7, 11) is 0. The molecular formula is C14H18ClNO. The van der Waals surface area contributed by atoms with Gasteiger partial charge in [0.25, 0.3) is 0 Å². The van der Waals surface area contributed by atoms with Gasteiger partial charge in [0.2, 0.25) is 0 Å². The normalized spacial score (nSPS) is 10.2. The van der Waals surface area contributed by atoms with Gasteiger partial charge in [-0.2, -0.15) is 0 Å². The predicted octanol–water partition coefficient (Wildman–Crippen LogP) is 2.73. The van der Waals surface area contributed by atoms with Gasteiger partial charge in [0.05, 0.1) is 0 Å². The molecule has 0 unspecified atom stereocenters. The first-order valence-electron chi connectivity index (χ1n) is 5.70. The third-order valence-corrected chi connectivity index (χ3v) is 2.71. The average molecular weight is 252 g/mol. The molecule has 2 nitrogen and oxygen atoms in total. The topological polar surface area (TPSA) is 32.3 Å². The SMILES string of the molecule is Cl.OCCCNCc1cccc2ccccc12. The van der Waals surface area contributed by atoms with E-state index in [0.29, 0.717) is 0 Å². The highest BCUT2D eigenvalue weighted by Crippen LogP contribution is 2.17. The summed E-state index contributed by atoms with van der Waals surface area (Å²) in [5.74, 6) is 0. The molecule has 0 atom stereocenters. The second-order valence-electron chi connectivity index (χ2n) is 3.89. The molecule has 0 fully saturated rings. The molecule has 2 aromatic carbocycles. The number of rotatable bonds is 5. The van der Waals surface area contributed by atoms with Gasteiger partial charge < -0.3 is 10.4 Å². The molecule has 3 heteroatoms. The lowest BCUT2D eigenvalue weighted by atomic mass is 10.0. The minimum Gasteiger partial charge on any atom is -0.396 e. The Bertz CT molecular complexity index is 453. The number of halogens is 1. The van der Waals surface area contributed by atoms with Crippen molar-refractivity contribution in [1.29, 1.82) is 0 Å². The molecule has 0 spiro atoms. The Kier molecular flexibility index (Phi) is 5.98. The molecule has 0 heterocycles. The van der Waals surface area contributed by atoms with E-state index in [2.05, 4.69) is 47.8 Å². The van der Waals surface area contributed by atoms with Gasteiger partial charge in [-0.15, -0.1) is 12.4 Å². The fourth-order valence-electron chi connectivity index (χ4n) is 1.87. The van der Waals surface area contributed by atoms with Crippen LogP contribution in [0.25, 0.3) is 10.8 Å². The smallest absolute Gasteiger partial charge is 0.0443 e. The highest BCUT2D eigenvalue weighted by atomic mass is 35.5. The molecular weight excluding hydrogens is 234 g/mol. The fraction of sp³-hybridized carbons (Fsp3) is 0.286. The number of fused-ring (bicyclic) bond motifs is 1. The van der Waals surface area contributed by atoms with Crippen LogP contribution in [0.3, 0.4) is 0 Å². The molecule has 0 aliphatic rings. The highest BCUT2D eigenvalue weighted by molar-refractivity contribution is 5.85. The van der Waals surface area contributed by atoms with Crippen molar-refractivity contribution in [2.45, 2.75) is 13.0 Å². The molecule has 2 aromatic rings. The summed E-state index contributed by atoms with van der Waals surface area (Å²) in [6.45, 7) is 1.98. The van der Waals surface area contributed by atoms with E-state index in [1.807, 2.05) is 0 Å². The zero-order valence-electron chi connectivity index (χ0n) is 9.73. The summed E-state index contributed by atoms with van der Waals surface area (Å²) in [6.07, 6.45) is 0.810. The van der Waals surface area contributed by atoms with Gasteiger partial charge in [0.15, 0.2) is 0 Å². The van der Waals surface area contributed by atoms with E-state index in [0.717, 1.165) is 19.5 Å². The number of hydrogen-bond acceptors (Lipinski definition) is 2. The Labute approximate surface area is 108 Å². The van der Waals surface area contributed by atoms with Crippen LogP contribution in [-0.4, -0.2) is 18.3 Å². The van der Waals surface area contributed by atoms with Crippen LogP contribution in [0, 0.1) is 0 Å². The lowest BCUT2D eigenvalue weighted by Gasteiger charge is -2.07. The molecule has 2 rings (SSSR count). The van der Waals surface area contributed by atoms with Crippen LogP contribution in [-0.2, 0) is 6.54 Å². The van der Waals surface area contributed by atoms with Gasteiger partial charge in [-0.3, -0.25) is 0 Å². The molecule has 2 N–H and O–H groups in total. The summed E-state index contributed by atoms with van der Waals surface area (Å²) < 4.78 is 0. The van der Waals surface area contributed by atoms with Crippen molar-refractivity contribution in [2.75, 3.05) is 13.2 Å². The van der Waals surface area contributed by atoms with Crippen LogP contribution in [0.2, 0.25) is 0 Å². The molecule has 0 radical (unpaired) electrons. The Balaban J connectivity index is 0.00000144. The first kappa shape index (κ1) is 14.0. The van der Waals surface area contributed by atoms with E-state index in [1.165, 1.54) is 16.3 Å². The standard InChI is InChI=1S/C14H17NO.ClH/c16-10-4-9-15-11-13-7-3-6-12-5-1-2-8-14(12)13;/h1-3,5-8,15-16H,4,9-11H2;1H. The Hall–Kier alpha value is -1.09.